The number of rotatable bonds is 5. The van der Waals surface area contributed by atoms with Crippen LogP contribution in [0, 0.1) is 0 Å². The Bertz CT molecular complexity index is 807. The van der Waals surface area contributed by atoms with E-state index in [1.165, 1.54) is 0 Å². The largest absolute Gasteiger partial charge is 0.508 e. The van der Waals surface area contributed by atoms with E-state index in [0.717, 1.165) is 17.0 Å². The minimum atomic E-state index is 0.213. The molecular weight excluding hydrogens is 302 g/mol. The Kier molecular flexibility index (Phi) is 4.77. The number of ether oxygens (including phenoxy) is 2. The second kappa shape index (κ2) is 7.33. The molecule has 1 N–H and O–H groups in total. The molecule has 0 aliphatic carbocycles. The number of hydrogen-bond donors (Lipinski definition) is 1. The van der Waals surface area contributed by atoms with Gasteiger partial charge in [-0.25, -0.2) is 0 Å². The maximum absolute atomic E-state index is 9.26. The van der Waals surface area contributed by atoms with Crippen LogP contribution >= 0.6 is 0 Å². The van der Waals surface area contributed by atoms with E-state index in [1.807, 2.05) is 48.5 Å². The molecule has 0 spiro atoms. The van der Waals surface area contributed by atoms with Gasteiger partial charge < -0.3 is 14.6 Å². The molecule has 0 aliphatic heterocycles. The van der Waals surface area contributed by atoms with Gasteiger partial charge in [-0.15, -0.1) is 0 Å². The van der Waals surface area contributed by atoms with Gasteiger partial charge in [0.1, 0.15) is 23.0 Å². The van der Waals surface area contributed by atoms with Crippen molar-refractivity contribution in [3.8, 4) is 23.0 Å². The van der Waals surface area contributed by atoms with Crippen molar-refractivity contribution >= 4 is 11.9 Å². The second-order valence-electron chi connectivity index (χ2n) is 5.12. The van der Waals surface area contributed by atoms with Crippen molar-refractivity contribution in [2.45, 2.75) is 0 Å². The van der Waals surface area contributed by atoms with Gasteiger partial charge in [0.15, 0.2) is 0 Å². The normalized spacial score (nSPS) is 10.7. The highest BCUT2D eigenvalue weighted by Gasteiger charge is 1.98. The van der Waals surface area contributed by atoms with Gasteiger partial charge in [-0.2, -0.15) is 0 Å². The molecule has 0 bridgehead atoms. The van der Waals surface area contributed by atoms with Crippen LogP contribution in [-0.4, -0.2) is 18.4 Å². The fourth-order valence-electron chi connectivity index (χ4n) is 2.09. The first-order valence-corrected chi connectivity index (χ1v) is 7.48. The molecule has 3 aromatic carbocycles. The van der Waals surface area contributed by atoms with E-state index in [-0.39, 0.29) is 5.75 Å². The maximum Gasteiger partial charge on any atom is 0.127 e. The predicted octanol–water partition coefficient (Wildman–Crippen LogP) is 4.94. The van der Waals surface area contributed by atoms with Crippen LogP contribution in [0.5, 0.6) is 23.0 Å². The Balaban J connectivity index is 1.65. The zero-order chi connectivity index (χ0) is 16.8. The van der Waals surface area contributed by atoms with Crippen LogP contribution in [-0.2, 0) is 0 Å². The third-order valence-electron chi connectivity index (χ3n) is 3.39. The topological polar surface area (TPSA) is 51.0 Å². The summed E-state index contributed by atoms with van der Waals surface area (Å²) >= 11 is 0. The van der Waals surface area contributed by atoms with Gasteiger partial charge in [-0.05, 0) is 78.4 Å². The number of phenolic OH excluding ortho intramolecular Hbond substituents is 1. The van der Waals surface area contributed by atoms with Gasteiger partial charge in [-0.1, -0.05) is 0 Å². The summed E-state index contributed by atoms with van der Waals surface area (Å²) in [5.41, 5.74) is 1.84. The molecule has 0 aromatic heterocycles. The van der Waals surface area contributed by atoms with E-state index < -0.39 is 0 Å². The summed E-state index contributed by atoms with van der Waals surface area (Å²) in [6.45, 7) is 0. The average Bonchev–Trinajstić information content (AvgIpc) is 2.63. The Labute approximate surface area is 140 Å². The fourth-order valence-corrected chi connectivity index (χ4v) is 2.09. The minimum absolute atomic E-state index is 0.213. The number of hydrogen-bond acceptors (Lipinski definition) is 4. The number of nitrogens with zero attached hydrogens (tertiary/aromatic N) is 1. The molecule has 4 heteroatoms. The predicted molar refractivity (Wildman–Crippen MR) is 94.9 cm³/mol. The van der Waals surface area contributed by atoms with Gasteiger partial charge in [0.25, 0.3) is 0 Å². The van der Waals surface area contributed by atoms with Gasteiger partial charge >= 0.3 is 0 Å². The van der Waals surface area contributed by atoms with Crippen molar-refractivity contribution in [2.24, 2.45) is 4.99 Å². The minimum Gasteiger partial charge on any atom is -0.508 e. The molecule has 120 valence electrons. The van der Waals surface area contributed by atoms with Crippen molar-refractivity contribution in [3.63, 3.8) is 0 Å². The molecule has 0 fully saturated rings. The van der Waals surface area contributed by atoms with E-state index in [4.69, 9.17) is 9.47 Å². The highest BCUT2D eigenvalue weighted by Crippen LogP contribution is 2.25. The van der Waals surface area contributed by atoms with E-state index in [0.29, 0.717) is 11.5 Å². The number of methoxy groups -OCH3 is 1. The first-order valence-electron chi connectivity index (χ1n) is 7.48. The Hall–Kier alpha value is -3.27. The zero-order valence-corrected chi connectivity index (χ0v) is 13.2. The summed E-state index contributed by atoms with van der Waals surface area (Å²) in [6, 6.07) is 21.8. The molecule has 0 heterocycles. The number of benzene rings is 3. The first-order chi connectivity index (χ1) is 11.7. The number of aliphatic imine (C=N–C) groups is 1. The molecular formula is C20H17NO3. The third kappa shape index (κ3) is 4.14. The van der Waals surface area contributed by atoms with Crippen molar-refractivity contribution in [2.75, 3.05) is 7.11 Å². The molecule has 0 saturated carbocycles. The lowest BCUT2D eigenvalue weighted by Crippen LogP contribution is -1.84. The SMILES string of the molecule is COc1ccc(C=Nc2ccc(Oc3ccc(O)cc3)cc2)cc1. The number of aromatic hydroxyl groups is 1. The quantitative estimate of drug-likeness (QED) is 0.677. The molecule has 0 unspecified atom stereocenters. The van der Waals surface area contributed by atoms with Crippen molar-refractivity contribution in [1.82, 2.24) is 0 Å². The number of phenols is 1. The van der Waals surface area contributed by atoms with Gasteiger partial charge in [-0.3, -0.25) is 4.99 Å². The Morgan fingerprint density at radius 3 is 1.88 bits per heavy atom. The van der Waals surface area contributed by atoms with Crippen molar-refractivity contribution < 1.29 is 14.6 Å². The summed E-state index contributed by atoms with van der Waals surface area (Å²) in [6.07, 6.45) is 1.80. The maximum atomic E-state index is 9.26. The molecule has 24 heavy (non-hydrogen) atoms. The molecule has 0 amide bonds. The fraction of sp³-hybridized carbons (Fsp3) is 0.0500. The van der Waals surface area contributed by atoms with Crippen LogP contribution in [0.15, 0.2) is 77.8 Å². The smallest absolute Gasteiger partial charge is 0.127 e. The summed E-state index contributed by atoms with van der Waals surface area (Å²) in [5, 5.41) is 9.26. The summed E-state index contributed by atoms with van der Waals surface area (Å²) in [5.74, 6) is 2.42. The van der Waals surface area contributed by atoms with E-state index >= 15 is 0 Å². The lowest BCUT2D eigenvalue weighted by molar-refractivity contribution is 0.415. The van der Waals surface area contributed by atoms with Crippen LogP contribution in [0.3, 0.4) is 0 Å². The van der Waals surface area contributed by atoms with Gasteiger partial charge in [0.2, 0.25) is 0 Å². The average molecular weight is 319 g/mol. The highest BCUT2D eigenvalue weighted by atomic mass is 16.5. The Morgan fingerprint density at radius 2 is 1.29 bits per heavy atom. The lowest BCUT2D eigenvalue weighted by atomic mass is 10.2. The summed E-state index contributed by atoms with van der Waals surface area (Å²) < 4.78 is 10.8. The standard InChI is InChI=1S/C20H17NO3/c1-23-18-8-2-15(3-9-18)14-21-16-4-10-19(11-5-16)24-20-12-6-17(22)7-13-20/h2-14,22H,1H3. The Morgan fingerprint density at radius 1 is 0.750 bits per heavy atom. The van der Waals surface area contributed by atoms with Crippen LogP contribution < -0.4 is 9.47 Å². The monoisotopic (exact) mass is 319 g/mol. The molecule has 0 saturated heterocycles. The summed E-state index contributed by atoms with van der Waals surface area (Å²) in [4.78, 5) is 4.44. The molecule has 4 nitrogen and oxygen atoms in total. The first kappa shape index (κ1) is 15.6. The molecule has 3 rings (SSSR count). The van der Waals surface area contributed by atoms with Gasteiger partial charge in [0, 0.05) is 6.21 Å². The van der Waals surface area contributed by atoms with Crippen LogP contribution in [0.4, 0.5) is 5.69 Å². The van der Waals surface area contributed by atoms with Crippen LogP contribution in [0.1, 0.15) is 5.56 Å². The highest BCUT2D eigenvalue weighted by molar-refractivity contribution is 5.82. The van der Waals surface area contributed by atoms with Crippen molar-refractivity contribution in [3.05, 3.63) is 78.4 Å². The molecule has 0 radical (unpaired) electrons. The second-order valence-corrected chi connectivity index (χ2v) is 5.12. The zero-order valence-electron chi connectivity index (χ0n) is 13.2. The molecule has 0 aliphatic rings. The third-order valence-corrected chi connectivity index (χ3v) is 3.39. The van der Waals surface area contributed by atoms with Crippen LogP contribution in [0.25, 0.3) is 0 Å². The molecule has 0 atom stereocenters. The van der Waals surface area contributed by atoms with Crippen molar-refractivity contribution in [1.29, 1.82) is 0 Å². The van der Waals surface area contributed by atoms with E-state index in [2.05, 4.69) is 4.99 Å². The van der Waals surface area contributed by atoms with Gasteiger partial charge in [0.05, 0.1) is 12.8 Å². The lowest BCUT2D eigenvalue weighted by Gasteiger charge is -2.05. The van der Waals surface area contributed by atoms with E-state index in [1.54, 1.807) is 37.6 Å². The van der Waals surface area contributed by atoms with Crippen LogP contribution in [0.2, 0.25) is 0 Å². The molecule has 3 aromatic rings. The summed E-state index contributed by atoms with van der Waals surface area (Å²) in [7, 11) is 1.64. The van der Waals surface area contributed by atoms with E-state index in [9.17, 15) is 5.11 Å².